The molecule has 0 atom stereocenters. The first kappa shape index (κ1) is 15.4. The highest BCUT2D eigenvalue weighted by Crippen LogP contribution is 2.35. The average molecular weight is 330 g/mol. The summed E-state index contributed by atoms with van der Waals surface area (Å²) in [4.78, 5) is 18.2. The van der Waals surface area contributed by atoms with Gasteiger partial charge in [0.2, 0.25) is 5.91 Å². The molecule has 5 heteroatoms. The molecule has 25 heavy (non-hydrogen) atoms. The first-order chi connectivity index (χ1) is 12.0. The van der Waals surface area contributed by atoms with E-state index in [9.17, 15) is 4.79 Å². The Morgan fingerprint density at radius 1 is 1.28 bits per heavy atom. The van der Waals surface area contributed by atoms with Crippen LogP contribution in [-0.2, 0) is 11.5 Å². The van der Waals surface area contributed by atoms with Gasteiger partial charge in [0.15, 0.2) is 0 Å². The van der Waals surface area contributed by atoms with Crippen LogP contribution in [0.5, 0.6) is 0 Å². The molecule has 4 rings (SSSR count). The normalized spacial score (nSPS) is 15.9. The Kier molecular flexibility index (Phi) is 3.36. The second-order valence-corrected chi connectivity index (χ2v) is 7.04. The molecule has 1 saturated heterocycles. The van der Waals surface area contributed by atoms with E-state index in [4.69, 9.17) is 5.26 Å². The van der Waals surface area contributed by atoms with Gasteiger partial charge >= 0.3 is 0 Å². The van der Waals surface area contributed by atoms with E-state index in [1.807, 2.05) is 41.4 Å². The zero-order valence-corrected chi connectivity index (χ0v) is 14.2. The van der Waals surface area contributed by atoms with Gasteiger partial charge in [0.05, 0.1) is 29.5 Å². The van der Waals surface area contributed by atoms with Crippen molar-refractivity contribution in [3.63, 3.8) is 0 Å². The average Bonchev–Trinajstić information content (AvgIpc) is 2.97. The molecule has 1 amide bonds. The molecule has 1 aliphatic heterocycles. The number of pyridine rings is 1. The van der Waals surface area contributed by atoms with Gasteiger partial charge in [-0.3, -0.25) is 9.78 Å². The number of likely N-dealkylation sites (tertiary alicyclic amines) is 1. The molecule has 124 valence electrons. The smallest absolute Gasteiger partial charge is 0.226 e. The van der Waals surface area contributed by atoms with Crippen molar-refractivity contribution in [3.8, 4) is 17.3 Å². The first-order valence-corrected chi connectivity index (χ1v) is 8.24. The summed E-state index contributed by atoms with van der Waals surface area (Å²) in [7, 11) is 0. The van der Waals surface area contributed by atoms with Crippen molar-refractivity contribution in [1.29, 1.82) is 5.26 Å². The zero-order chi connectivity index (χ0) is 17.6. The minimum absolute atomic E-state index is 0.132. The van der Waals surface area contributed by atoms with Gasteiger partial charge in [-0.1, -0.05) is 0 Å². The number of hydrogen-bond donors (Lipinski definition) is 0. The molecule has 2 aromatic heterocycles. The first-order valence-electron chi connectivity index (χ1n) is 8.24. The lowest BCUT2D eigenvalue weighted by atomic mass is 9.89. The molecular formula is C20H18N4O. The maximum atomic E-state index is 12.1. The fourth-order valence-corrected chi connectivity index (χ4v) is 3.47. The SMILES string of the molecule is CC1(C)CC(=O)N1Cn1c(-c2cccnc2)cc2cc(C#N)ccc21. The molecule has 0 saturated carbocycles. The summed E-state index contributed by atoms with van der Waals surface area (Å²) in [6.07, 6.45) is 4.14. The maximum absolute atomic E-state index is 12.1. The predicted octanol–water partition coefficient (Wildman–Crippen LogP) is 3.54. The Morgan fingerprint density at radius 2 is 2.12 bits per heavy atom. The lowest BCUT2D eigenvalue weighted by Gasteiger charge is -2.48. The minimum Gasteiger partial charge on any atom is -0.322 e. The van der Waals surface area contributed by atoms with E-state index in [1.54, 1.807) is 6.20 Å². The molecule has 1 aliphatic rings. The zero-order valence-electron chi connectivity index (χ0n) is 14.2. The van der Waals surface area contributed by atoms with Gasteiger partial charge in [0, 0.05) is 35.3 Å². The molecule has 3 heterocycles. The van der Waals surface area contributed by atoms with Crippen LogP contribution in [0.15, 0.2) is 48.8 Å². The molecule has 0 unspecified atom stereocenters. The number of β-lactam (4-membered cyclic amide) rings is 1. The third-order valence-corrected chi connectivity index (χ3v) is 4.89. The summed E-state index contributed by atoms with van der Waals surface area (Å²) in [5, 5.41) is 10.2. The minimum atomic E-state index is -0.132. The topological polar surface area (TPSA) is 61.9 Å². The number of benzene rings is 1. The van der Waals surface area contributed by atoms with Crippen LogP contribution in [0.2, 0.25) is 0 Å². The Balaban J connectivity index is 1.88. The summed E-state index contributed by atoms with van der Waals surface area (Å²) in [6, 6.07) is 13.8. The molecule has 1 fully saturated rings. The molecule has 0 N–H and O–H groups in total. The van der Waals surface area contributed by atoms with E-state index in [0.717, 1.165) is 22.2 Å². The highest BCUT2D eigenvalue weighted by atomic mass is 16.2. The van der Waals surface area contributed by atoms with E-state index in [2.05, 4.69) is 35.5 Å². The Hall–Kier alpha value is -3.13. The van der Waals surface area contributed by atoms with Crippen molar-refractivity contribution >= 4 is 16.8 Å². The van der Waals surface area contributed by atoms with Crippen LogP contribution < -0.4 is 0 Å². The second kappa shape index (κ2) is 5.45. The number of nitriles is 1. The van der Waals surface area contributed by atoms with Crippen LogP contribution in [0.3, 0.4) is 0 Å². The quantitative estimate of drug-likeness (QED) is 0.690. The van der Waals surface area contributed by atoms with Crippen molar-refractivity contribution in [2.24, 2.45) is 0 Å². The summed E-state index contributed by atoms with van der Waals surface area (Å²) >= 11 is 0. The lowest BCUT2D eigenvalue weighted by molar-refractivity contribution is -0.157. The van der Waals surface area contributed by atoms with Crippen molar-refractivity contribution < 1.29 is 4.79 Å². The fraction of sp³-hybridized carbons (Fsp3) is 0.250. The number of amides is 1. The number of aromatic nitrogens is 2. The van der Waals surface area contributed by atoms with Gasteiger partial charge < -0.3 is 9.47 Å². The van der Waals surface area contributed by atoms with E-state index in [-0.39, 0.29) is 11.4 Å². The second-order valence-electron chi connectivity index (χ2n) is 7.04. The highest BCUT2D eigenvalue weighted by Gasteiger charge is 2.43. The van der Waals surface area contributed by atoms with Gasteiger partial charge in [-0.05, 0) is 50.2 Å². The van der Waals surface area contributed by atoms with Gasteiger partial charge in [-0.2, -0.15) is 5.26 Å². The lowest BCUT2D eigenvalue weighted by Crippen LogP contribution is -2.60. The van der Waals surface area contributed by atoms with Crippen LogP contribution in [-0.4, -0.2) is 25.9 Å². The fourth-order valence-electron chi connectivity index (χ4n) is 3.47. The molecule has 0 radical (unpaired) electrons. The largest absolute Gasteiger partial charge is 0.322 e. The van der Waals surface area contributed by atoms with Crippen LogP contribution in [0.25, 0.3) is 22.2 Å². The van der Waals surface area contributed by atoms with Crippen LogP contribution >= 0.6 is 0 Å². The van der Waals surface area contributed by atoms with E-state index in [1.165, 1.54) is 0 Å². The molecule has 5 nitrogen and oxygen atoms in total. The van der Waals surface area contributed by atoms with Crippen LogP contribution in [0.1, 0.15) is 25.8 Å². The van der Waals surface area contributed by atoms with E-state index in [0.29, 0.717) is 18.7 Å². The number of carbonyl (C=O) groups is 1. The van der Waals surface area contributed by atoms with Crippen molar-refractivity contribution in [1.82, 2.24) is 14.5 Å². The molecule has 3 aromatic rings. The number of nitrogens with zero attached hydrogens (tertiary/aromatic N) is 4. The van der Waals surface area contributed by atoms with Crippen LogP contribution in [0, 0.1) is 11.3 Å². The van der Waals surface area contributed by atoms with E-state index < -0.39 is 0 Å². The van der Waals surface area contributed by atoms with Crippen molar-refractivity contribution in [2.75, 3.05) is 0 Å². The third kappa shape index (κ3) is 2.47. The summed E-state index contributed by atoms with van der Waals surface area (Å²) in [5.74, 6) is 0.164. The molecule has 1 aromatic carbocycles. The van der Waals surface area contributed by atoms with Gasteiger partial charge in [0.1, 0.15) is 0 Å². The Morgan fingerprint density at radius 3 is 2.76 bits per heavy atom. The third-order valence-electron chi connectivity index (χ3n) is 4.89. The molecule has 0 aliphatic carbocycles. The number of hydrogen-bond acceptors (Lipinski definition) is 3. The standard InChI is InChI=1S/C20H18N4O/c1-20(2)10-19(25)24(20)13-23-17-6-5-14(11-21)8-16(17)9-18(23)15-4-3-7-22-12-15/h3-9,12H,10,13H2,1-2H3. The van der Waals surface area contributed by atoms with Gasteiger partial charge in [-0.15, -0.1) is 0 Å². The summed E-state index contributed by atoms with van der Waals surface area (Å²) in [5.41, 5.74) is 3.49. The highest BCUT2D eigenvalue weighted by molar-refractivity contribution is 5.89. The van der Waals surface area contributed by atoms with Gasteiger partial charge in [-0.25, -0.2) is 0 Å². The van der Waals surface area contributed by atoms with Crippen molar-refractivity contribution in [3.05, 3.63) is 54.4 Å². The van der Waals surface area contributed by atoms with Gasteiger partial charge in [0.25, 0.3) is 0 Å². The predicted molar refractivity (Wildman–Crippen MR) is 95.4 cm³/mol. The number of rotatable bonds is 3. The summed E-state index contributed by atoms with van der Waals surface area (Å²) < 4.78 is 2.13. The monoisotopic (exact) mass is 330 g/mol. The Bertz CT molecular complexity index is 1010. The van der Waals surface area contributed by atoms with Crippen LogP contribution in [0.4, 0.5) is 0 Å². The number of fused-ring (bicyclic) bond motifs is 1. The maximum Gasteiger partial charge on any atom is 0.226 e. The summed E-state index contributed by atoms with van der Waals surface area (Å²) in [6.45, 7) is 4.65. The molecular weight excluding hydrogens is 312 g/mol. The Labute approximate surface area is 146 Å². The van der Waals surface area contributed by atoms with Crippen molar-refractivity contribution in [2.45, 2.75) is 32.5 Å². The van der Waals surface area contributed by atoms with E-state index >= 15 is 0 Å². The number of carbonyl (C=O) groups excluding carboxylic acids is 1. The molecule has 0 spiro atoms. The molecule has 0 bridgehead atoms.